The lowest BCUT2D eigenvalue weighted by molar-refractivity contribution is 1.08. The molecular formula is C8H12N4. The first-order chi connectivity index (χ1) is 5.65. The fourth-order valence-corrected chi connectivity index (χ4v) is 0.858. The Morgan fingerprint density at radius 1 is 1.25 bits per heavy atom. The fraction of sp³-hybridized carbons (Fsp3) is 0.375. The van der Waals surface area contributed by atoms with Gasteiger partial charge in [0.25, 0.3) is 0 Å². The van der Waals surface area contributed by atoms with Crippen LogP contribution in [0.3, 0.4) is 0 Å². The highest BCUT2D eigenvalue weighted by atomic mass is 15.0. The largest absolute Gasteiger partial charge is 0.392 e. The molecule has 0 saturated heterocycles. The van der Waals surface area contributed by atoms with Crippen LogP contribution in [0.4, 0.5) is 0 Å². The second-order valence-corrected chi connectivity index (χ2v) is 2.56. The van der Waals surface area contributed by atoms with Crippen LogP contribution < -0.4 is 5.32 Å². The third kappa shape index (κ3) is 1.58. The normalized spacial score (nSPS) is 20.6. The molecule has 0 aromatic rings. The molecule has 0 bridgehead atoms. The fourth-order valence-electron chi connectivity index (χ4n) is 0.858. The van der Waals surface area contributed by atoms with Gasteiger partial charge in [0.15, 0.2) is 5.84 Å². The predicted octanol–water partition coefficient (Wildman–Crippen LogP) is 0.960. The smallest absolute Gasteiger partial charge is 0.172 e. The summed E-state index contributed by atoms with van der Waals surface area (Å²) in [5.41, 5.74) is 2.27. The van der Waals surface area contributed by atoms with Crippen LogP contribution in [-0.2, 0) is 0 Å². The molecule has 0 aliphatic carbocycles. The van der Waals surface area contributed by atoms with E-state index in [9.17, 15) is 0 Å². The molecule has 0 aromatic heterocycles. The molecule has 0 amide bonds. The van der Waals surface area contributed by atoms with E-state index >= 15 is 0 Å². The number of amidine groups is 1. The van der Waals surface area contributed by atoms with Crippen LogP contribution in [0, 0.1) is 5.41 Å². The molecule has 12 heavy (non-hydrogen) atoms. The molecule has 64 valence electrons. The number of hydrogen-bond donors (Lipinski definition) is 2. The van der Waals surface area contributed by atoms with Gasteiger partial charge in [-0.3, -0.25) is 5.41 Å². The van der Waals surface area contributed by atoms with Crippen molar-refractivity contribution < 1.29 is 0 Å². The molecule has 0 atom stereocenters. The summed E-state index contributed by atoms with van der Waals surface area (Å²) in [5.74, 6) is 0.215. The zero-order valence-electron chi connectivity index (χ0n) is 7.47. The maximum atomic E-state index is 7.47. The van der Waals surface area contributed by atoms with E-state index in [2.05, 4.69) is 15.3 Å². The van der Waals surface area contributed by atoms with Gasteiger partial charge in [0.1, 0.15) is 5.70 Å². The molecule has 1 aliphatic heterocycles. The minimum Gasteiger partial charge on any atom is -0.392 e. The van der Waals surface area contributed by atoms with E-state index in [1.54, 1.807) is 13.2 Å². The van der Waals surface area contributed by atoms with Crippen molar-refractivity contribution >= 4 is 17.3 Å². The van der Waals surface area contributed by atoms with Crippen LogP contribution in [0.25, 0.3) is 0 Å². The number of hydrogen-bond acceptors (Lipinski definition) is 3. The molecule has 0 aromatic carbocycles. The van der Waals surface area contributed by atoms with E-state index in [4.69, 9.17) is 5.41 Å². The average molecular weight is 164 g/mol. The summed E-state index contributed by atoms with van der Waals surface area (Å²) in [6, 6.07) is 0. The highest BCUT2D eigenvalue weighted by Crippen LogP contribution is 2.06. The Morgan fingerprint density at radius 3 is 2.42 bits per heavy atom. The lowest BCUT2D eigenvalue weighted by Crippen LogP contribution is -2.17. The summed E-state index contributed by atoms with van der Waals surface area (Å²) in [6.07, 6.45) is 1.67. The number of aliphatic imine (C=N–C) groups is 2. The Morgan fingerprint density at radius 2 is 1.83 bits per heavy atom. The molecule has 0 radical (unpaired) electrons. The third-order valence-corrected chi connectivity index (χ3v) is 1.61. The molecule has 1 rings (SSSR count). The van der Waals surface area contributed by atoms with Gasteiger partial charge >= 0.3 is 0 Å². The van der Waals surface area contributed by atoms with Gasteiger partial charge in [-0.15, -0.1) is 0 Å². The molecule has 2 N–H and O–H groups in total. The first-order valence-electron chi connectivity index (χ1n) is 3.72. The van der Waals surface area contributed by atoms with Crippen LogP contribution in [0.2, 0.25) is 0 Å². The Bertz CT molecular complexity index is 296. The van der Waals surface area contributed by atoms with Gasteiger partial charge in [-0.25, -0.2) is 9.98 Å². The summed E-state index contributed by atoms with van der Waals surface area (Å²) >= 11 is 0. The predicted molar refractivity (Wildman–Crippen MR) is 51.1 cm³/mol. The quantitative estimate of drug-likeness (QED) is 0.595. The van der Waals surface area contributed by atoms with Crippen LogP contribution in [-0.4, -0.2) is 24.3 Å². The van der Waals surface area contributed by atoms with E-state index in [1.165, 1.54) is 0 Å². The lowest BCUT2D eigenvalue weighted by atomic mass is 10.2. The van der Waals surface area contributed by atoms with E-state index in [1.807, 2.05) is 13.8 Å². The van der Waals surface area contributed by atoms with Gasteiger partial charge in [-0.2, -0.15) is 0 Å². The standard InChI is InChI=1S/C8H12N4/c1-5-6(2)12-8(9)7(11-5)4-10-3/h4,9-10H,1-3H3/b7-4+,9-8?. The first-order valence-corrected chi connectivity index (χ1v) is 3.72. The number of nitrogens with one attached hydrogen (secondary N) is 2. The van der Waals surface area contributed by atoms with Gasteiger partial charge in [-0.05, 0) is 13.8 Å². The summed E-state index contributed by atoms with van der Waals surface area (Å²) < 4.78 is 0. The average Bonchev–Trinajstić information content (AvgIpc) is 2.01. The summed E-state index contributed by atoms with van der Waals surface area (Å²) in [5, 5.41) is 10.3. The zero-order valence-corrected chi connectivity index (χ0v) is 7.47. The molecule has 0 saturated carbocycles. The number of rotatable bonds is 1. The lowest BCUT2D eigenvalue weighted by Gasteiger charge is -2.09. The van der Waals surface area contributed by atoms with Crippen molar-refractivity contribution in [2.75, 3.05) is 7.05 Å². The van der Waals surface area contributed by atoms with Crippen LogP contribution >= 0.6 is 0 Å². The van der Waals surface area contributed by atoms with Gasteiger partial charge in [0, 0.05) is 13.2 Å². The summed E-state index contributed by atoms with van der Waals surface area (Å²) in [7, 11) is 1.77. The van der Waals surface area contributed by atoms with Crippen LogP contribution in [0.5, 0.6) is 0 Å². The minimum absolute atomic E-state index is 0.215. The number of nitrogens with zero attached hydrogens (tertiary/aromatic N) is 2. The Kier molecular flexibility index (Phi) is 2.38. The van der Waals surface area contributed by atoms with E-state index in [0.29, 0.717) is 5.70 Å². The van der Waals surface area contributed by atoms with E-state index in [-0.39, 0.29) is 5.84 Å². The van der Waals surface area contributed by atoms with Gasteiger partial charge in [0.2, 0.25) is 0 Å². The second-order valence-electron chi connectivity index (χ2n) is 2.56. The SMILES string of the molecule is CN/C=C1/N=C(C)C(C)=NC1=N. The highest BCUT2D eigenvalue weighted by molar-refractivity contribution is 6.44. The van der Waals surface area contributed by atoms with Gasteiger partial charge < -0.3 is 5.32 Å². The molecule has 0 fully saturated rings. The van der Waals surface area contributed by atoms with E-state index < -0.39 is 0 Å². The van der Waals surface area contributed by atoms with Gasteiger partial charge in [-0.1, -0.05) is 0 Å². The summed E-state index contributed by atoms with van der Waals surface area (Å²) in [4.78, 5) is 8.22. The van der Waals surface area contributed by atoms with Gasteiger partial charge in [0.05, 0.1) is 11.4 Å². The van der Waals surface area contributed by atoms with Crippen molar-refractivity contribution in [1.29, 1.82) is 5.41 Å². The zero-order chi connectivity index (χ0) is 9.14. The molecule has 4 nitrogen and oxygen atoms in total. The van der Waals surface area contributed by atoms with Crippen molar-refractivity contribution in [1.82, 2.24) is 5.32 Å². The van der Waals surface area contributed by atoms with Crippen molar-refractivity contribution in [3.05, 3.63) is 11.9 Å². The monoisotopic (exact) mass is 164 g/mol. The molecule has 4 heteroatoms. The van der Waals surface area contributed by atoms with Crippen molar-refractivity contribution in [2.24, 2.45) is 9.98 Å². The topological polar surface area (TPSA) is 60.6 Å². The Hall–Kier alpha value is -1.45. The molecule has 0 spiro atoms. The first kappa shape index (κ1) is 8.64. The van der Waals surface area contributed by atoms with Crippen molar-refractivity contribution in [3.63, 3.8) is 0 Å². The summed E-state index contributed by atoms with van der Waals surface area (Å²) in [6.45, 7) is 3.73. The van der Waals surface area contributed by atoms with Crippen molar-refractivity contribution in [3.8, 4) is 0 Å². The molecular weight excluding hydrogens is 152 g/mol. The molecule has 0 unspecified atom stereocenters. The maximum Gasteiger partial charge on any atom is 0.172 e. The molecule has 1 aliphatic rings. The minimum atomic E-state index is 0.215. The van der Waals surface area contributed by atoms with E-state index in [0.717, 1.165) is 11.4 Å². The second kappa shape index (κ2) is 3.30. The molecule has 1 heterocycles. The Labute approximate surface area is 71.6 Å². The Balaban J connectivity index is 3.00. The highest BCUT2D eigenvalue weighted by Gasteiger charge is 2.11. The maximum absolute atomic E-state index is 7.47. The van der Waals surface area contributed by atoms with Crippen LogP contribution in [0.1, 0.15) is 13.8 Å². The van der Waals surface area contributed by atoms with Crippen molar-refractivity contribution in [2.45, 2.75) is 13.8 Å². The van der Waals surface area contributed by atoms with Crippen LogP contribution in [0.15, 0.2) is 21.9 Å². The third-order valence-electron chi connectivity index (χ3n) is 1.61.